The van der Waals surface area contributed by atoms with Gasteiger partial charge in [-0.3, -0.25) is 9.59 Å². The number of nitrogens with zero attached hydrogens (tertiary/aromatic N) is 1. The molecule has 0 spiro atoms. The molecule has 4 nitrogen and oxygen atoms in total. The second kappa shape index (κ2) is 6.25. The Bertz CT molecular complexity index is 331. The molecule has 0 bridgehead atoms. The third-order valence-electron chi connectivity index (χ3n) is 2.72. The topological polar surface area (TPSA) is 49.4 Å². The number of carbonyl (C=O) groups excluding carboxylic acids is 2. The average molecular weight is 282 g/mol. The van der Waals surface area contributed by atoms with Crippen molar-refractivity contribution in [2.45, 2.75) is 46.8 Å². The zero-order valence-corrected chi connectivity index (χ0v) is 11.9. The van der Waals surface area contributed by atoms with Crippen LogP contribution in [0.5, 0.6) is 0 Å². The summed E-state index contributed by atoms with van der Waals surface area (Å²) >= 11 is 0. The number of carbonyl (C=O) groups is 2. The Labute approximate surface area is 111 Å². The summed E-state index contributed by atoms with van der Waals surface area (Å²) in [5, 5.41) is 1.79. The van der Waals surface area contributed by atoms with Crippen molar-refractivity contribution in [1.29, 1.82) is 0 Å². The van der Waals surface area contributed by atoms with Gasteiger partial charge in [-0.1, -0.05) is 20.8 Å². The molecular formula is C12H21F3N2O2. The Morgan fingerprint density at radius 2 is 1.53 bits per heavy atom. The van der Waals surface area contributed by atoms with Crippen LogP contribution >= 0.6 is 0 Å². The highest BCUT2D eigenvalue weighted by atomic mass is 19.4. The third kappa shape index (κ3) is 5.08. The lowest BCUT2D eigenvalue weighted by atomic mass is 9.85. The fourth-order valence-corrected chi connectivity index (χ4v) is 1.58. The van der Waals surface area contributed by atoms with Gasteiger partial charge < -0.3 is 10.2 Å². The Morgan fingerprint density at radius 1 is 1.11 bits per heavy atom. The summed E-state index contributed by atoms with van der Waals surface area (Å²) in [6, 6.07) is -1.21. The summed E-state index contributed by atoms with van der Waals surface area (Å²) in [6.45, 7) is 9.04. The monoisotopic (exact) mass is 282 g/mol. The fourth-order valence-electron chi connectivity index (χ4n) is 1.58. The number of halogens is 3. The predicted octanol–water partition coefficient (Wildman–Crippen LogP) is 1.95. The standard InChI is InChI=1S/C12H21F3N2O2/c1-6-17(7-2)9(18)8(11(3,4)5)16-10(19)12(13,14)15/h8H,6-7H2,1-5H3,(H,16,19). The number of likely N-dealkylation sites (N-methyl/N-ethyl adjacent to an activating group) is 1. The first kappa shape index (κ1) is 17.7. The van der Waals surface area contributed by atoms with Gasteiger partial charge in [0.25, 0.3) is 0 Å². The summed E-state index contributed by atoms with van der Waals surface area (Å²) < 4.78 is 36.9. The van der Waals surface area contributed by atoms with Crippen LogP contribution in [0.25, 0.3) is 0 Å². The maximum Gasteiger partial charge on any atom is 0.471 e. The van der Waals surface area contributed by atoms with Crippen molar-refractivity contribution < 1.29 is 22.8 Å². The summed E-state index contributed by atoms with van der Waals surface area (Å²) in [6.07, 6.45) is -4.99. The fraction of sp³-hybridized carbons (Fsp3) is 0.833. The Kier molecular flexibility index (Phi) is 5.83. The molecule has 0 aliphatic carbocycles. The van der Waals surface area contributed by atoms with E-state index in [1.165, 1.54) is 4.90 Å². The molecule has 1 N–H and O–H groups in total. The van der Waals surface area contributed by atoms with Crippen LogP contribution in [0.1, 0.15) is 34.6 Å². The van der Waals surface area contributed by atoms with Crippen LogP contribution in [0.3, 0.4) is 0 Å². The van der Waals surface area contributed by atoms with Crippen molar-refractivity contribution in [3.63, 3.8) is 0 Å². The molecule has 0 aromatic carbocycles. The van der Waals surface area contributed by atoms with Crippen molar-refractivity contribution in [3.8, 4) is 0 Å². The van der Waals surface area contributed by atoms with E-state index in [4.69, 9.17) is 0 Å². The molecule has 7 heteroatoms. The molecule has 0 fully saturated rings. The van der Waals surface area contributed by atoms with Crippen LogP contribution in [0, 0.1) is 5.41 Å². The SMILES string of the molecule is CCN(CC)C(=O)C(NC(=O)C(F)(F)F)C(C)(C)C. The van der Waals surface area contributed by atoms with Crippen LogP contribution in [-0.4, -0.2) is 42.0 Å². The molecule has 0 saturated heterocycles. The van der Waals surface area contributed by atoms with Crippen molar-refractivity contribution in [2.24, 2.45) is 5.41 Å². The summed E-state index contributed by atoms with van der Waals surface area (Å²) in [5.41, 5.74) is -0.805. The van der Waals surface area contributed by atoms with Gasteiger partial charge in [0.2, 0.25) is 5.91 Å². The minimum absolute atomic E-state index is 0.379. The highest BCUT2D eigenvalue weighted by Gasteiger charge is 2.44. The minimum atomic E-state index is -4.99. The van der Waals surface area contributed by atoms with E-state index in [9.17, 15) is 22.8 Å². The van der Waals surface area contributed by atoms with Gasteiger partial charge in [-0.05, 0) is 19.3 Å². The Hall–Kier alpha value is -1.27. The van der Waals surface area contributed by atoms with Gasteiger partial charge in [0, 0.05) is 13.1 Å². The normalized spacial score (nSPS) is 13.9. The van der Waals surface area contributed by atoms with E-state index in [-0.39, 0.29) is 0 Å². The molecular weight excluding hydrogens is 261 g/mol. The number of hydrogen-bond donors (Lipinski definition) is 1. The molecule has 1 unspecified atom stereocenters. The molecule has 0 aliphatic rings. The van der Waals surface area contributed by atoms with Gasteiger partial charge in [-0.2, -0.15) is 13.2 Å². The Morgan fingerprint density at radius 3 is 1.79 bits per heavy atom. The zero-order chi connectivity index (χ0) is 15.4. The molecule has 0 heterocycles. The van der Waals surface area contributed by atoms with Gasteiger partial charge in [-0.25, -0.2) is 0 Å². The molecule has 0 saturated carbocycles. The molecule has 2 amide bonds. The van der Waals surface area contributed by atoms with Crippen LogP contribution in [-0.2, 0) is 9.59 Å². The number of amides is 2. The highest BCUT2D eigenvalue weighted by molar-refractivity contribution is 5.90. The molecule has 0 aromatic heterocycles. The molecule has 1 atom stereocenters. The second-order valence-corrected chi connectivity index (χ2v) is 5.28. The van der Waals surface area contributed by atoms with Gasteiger partial charge in [-0.15, -0.1) is 0 Å². The van der Waals surface area contributed by atoms with Gasteiger partial charge in [0.15, 0.2) is 0 Å². The molecule has 0 radical (unpaired) electrons. The molecule has 19 heavy (non-hydrogen) atoms. The summed E-state index contributed by atoms with van der Waals surface area (Å²) in [4.78, 5) is 24.6. The zero-order valence-electron chi connectivity index (χ0n) is 11.9. The van der Waals surface area contributed by atoms with E-state index < -0.39 is 29.4 Å². The smallest absolute Gasteiger partial charge is 0.341 e. The van der Waals surface area contributed by atoms with Crippen LogP contribution in [0.15, 0.2) is 0 Å². The van der Waals surface area contributed by atoms with Crippen LogP contribution in [0.4, 0.5) is 13.2 Å². The lowest BCUT2D eigenvalue weighted by Crippen LogP contribution is -2.57. The Balaban J connectivity index is 5.15. The first-order valence-electron chi connectivity index (χ1n) is 6.11. The van der Waals surface area contributed by atoms with Gasteiger partial charge in [0.1, 0.15) is 6.04 Å². The first-order valence-corrected chi connectivity index (χ1v) is 6.11. The lowest BCUT2D eigenvalue weighted by molar-refractivity contribution is -0.176. The number of hydrogen-bond acceptors (Lipinski definition) is 2. The lowest BCUT2D eigenvalue weighted by Gasteiger charge is -2.34. The van der Waals surface area contributed by atoms with E-state index in [1.807, 2.05) is 0 Å². The quantitative estimate of drug-likeness (QED) is 0.856. The number of alkyl halides is 3. The van der Waals surface area contributed by atoms with Crippen molar-refractivity contribution in [1.82, 2.24) is 10.2 Å². The molecule has 0 rings (SSSR count). The van der Waals surface area contributed by atoms with Crippen molar-refractivity contribution in [3.05, 3.63) is 0 Å². The van der Waals surface area contributed by atoms with E-state index in [0.29, 0.717) is 13.1 Å². The van der Waals surface area contributed by atoms with Crippen molar-refractivity contribution in [2.75, 3.05) is 13.1 Å². The van der Waals surface area contributed by atoms with Gasteiger partial charge in [0.05, 0.1) is 0 Å². The number of rotatable bonds is 4. The maximum absolute atomic E-state index is 12.3. The highest BCUT2D eigenvalue weighted by Crippen LogP contribution is 2.23. The molecule has 0 aromatic rings. The van der Waals surface area contributed by atoms with E-state index in [1.54, 1.807) is 39.9 Å². The van der Waals surface area contributed by atoms with E-state index in [2.05, 4.69) is 0 Å². The second-order valence-electron chi connectivity index (χ2n) is 5.28. The first-order chi connectivity index (χ1) is 8.45. The van der Waals surface area contributed by atoms with Crippen molar-refractivity contribution >= 4 is 11.8 Å². The van der Waals surface area contributed by atoms with Gasteiger partial charge >= 0.3 is 12.1 Å². The van der Waals surface area contributed by atoms with Crippen LogP contribution in [0.2, 0.25) is 0 Å². The predicted molar refractivity (Wildman–Crippen MR) is 65.4 cm³/mol. The maximum atomic E-state index is 12.3. The number of nitrogens with one attached hydrogen (secondary N) is 1. The molecule has 0 aliphatic heterocycles. The summed E-state index contributed by atoms with van der Waals surface area (Å²) in [5.74, 6) is -2.59. The van der Waals surface area contributed by atoms with E-state index >= 15 is 0 Å². The largest absolute Gasteiger partial charge is 0.471 e. The third-order valence-corrected chi connectivity index (χ3v) is 2.72. The minimum Gasteiger partial charge on any atom is -0.341 e. The summed E-state index contributed by atoms with van der Waals surface area (Å²) in [7, 11) is 0. The van der Waals surface area contributed by atoms with Crippen LogP contribution < -0.4 is 5.32 Å². The van der Waals surface area contributed by atoms with E-state index in [0.717, 1.165) is 0 Å². The average Bonchev–Trinajstić information content (AvgIpc) is 2.23. The molecule has 112 valence electrons.